The van der Waals surface area contributed by atoms with E-state index < -0.39 is 0 Å². The summed E-state index contributed by atoms with van der Waals surface area (Å²) in [5, 5.41) is 6.67. The molecule has 1 saturated heterocycles. The van der Waals surface area contributed by atoms with Gasteiger partial charge in [-0.1, -0.05) is 12.2 Å². The van der Waals surface area contributed by atoms with Crippen LogP contribution in [-0.4, -0.2) is 73.4 Å². The molecule has 0 spiro atoms. The molecule has 3 aliphatic carbocycles. The molecule has 2 saturated carbocycles. The Bertz CT molecular complexity index is 663. The molecule has 5 atom stereocenters. The van der Waals surface area contributed by atoms with Gasteiger partial charge in [0.05, 0.1) is 11.8 Å². The van der Waals surface area contributed by atoms with Crippen LogP contribution >= 0.6 is 24.0 Å². The van der Waals surface area contributed by atoms with E-state index in [9.17, 15) is 9.59 Å². The van der Waals surface area contributed by atoms with E-state index in [1.54, 1.807) is 7.05 Å². The zero-order valence-corrected chi connectivity index (χ0v) is 20.0. The van der Waals surface area contributed by atoms with Crippen LogP contribution in [0.15, 0.2) is 17.1 Å². The highest BCUT2D eigenvalue weighted by molar-refractivity contribution is 14.0. The van der Waals surface area contributed by atoms with E-state index in [1.165, 1.54) is 17.7 Å². The summed E-state index contributed by atoms with van der Waals surface area (Å²) >= 11 is 0. The molecular formula is C21H34IN5O2. The predicted octanol–water partition coefficient (Wildman–Crippen LogP) is 1.45. The lowest BCUT2D eigenvalue weighted by atomic mass is 9.85. The van der Waals surface area contributed by atoms with Crippen molar-refractivity contribution in [1.82, 2.24) is 20.4 Å². The number of likely N-dealkylation sites (N-methyl/N-ethyl adjacent to an activating group) is 1. The first-order valence-corrected chi connectivity index (χ1v) is 10.7. The first-order valence-electron chi connectivity index (χ1n) is 10.7. The van der Waals surface area contributed by atoms with Crippen LogP contribution in [0, 0.1) is 23.7 Å². The Balaban J connectivity index is 0.00000240. The molecule has 0 aromatic heterocycles. The van der Waals surface area contributed by atoms with Gasteiger partial charge in [0.1, 0.15) is 0 Å². The second-order valence-electron chi connectivity index (χ2n) is 8.81. The largest absolute Gasteiger partial charge is 0.356 e. The third-order valence-electron chi connectivity index (χ3n) is 7.02. The number of carbonyl (C=O) groups is 2. The van der Waals surface area contributed by atoms with E-state index in [2.05, 4.69) is 46.6 Å². The molecule has 3 fully saturated rings. The number of likely N-dealkylation sites (tertiary alicyclic amines) is 1. The average molecular weight is 515 g/mol. The molecule has 0 aromatic rings. The van der Waals surface area contributed by atoms with E-state index >= 15 is 0 Å². The van der Waals surface area contributed by atoms with E-state index in [4.69, 9.17) is 0 Å². The summed E-state index contributed by atoms with van der Waals surface area (Å²) in [5.41, 5.74) is 0. The van der Waals surface area contributed by atoms with E-state index in [-0.39, 0.29) is 59.5 Å². The van der Waals surface area contributed by atoms with Crippen molar-refractivity contribution in [2.24, 2.45) is 28.7 Å². The van der Waals surface area contributed by atoms with Crippen molar-refractivity contribution < 1.29 is 9.59 Å². The number of allylic oxidation sites excluding steroid dienone is 2. The Morgan fingerprint density at radius 2 is 1.83 bits per heavy atom. The standard InChI is InChI=1S/C21H33N5O2.HI/c1-13(25(3)16-7-8-16)12-24-21(22-2)23-9-4-10-26-19(27)17-14-5-6-15(11-14)18(17)20(26)28;/h5-6,13-18H,4,7-12H2,1-3H3,(H2,22,23,24);1H. The molecule has 4 rings (SSSR count). The number of nitrogens with one attached hydrogen (secondary N) is 2. The van der Waals surface area contributed by atoms with Gasteiger partial charge in [0.15, 0.2) is 5.96 Å². The molecule has 4 aliphatic rings. The minimum Gasteiger partial charge on any atom is -0.356 e. The van der Waals surface area contributed by atoms with Crippen molar-refractivity contribution >= 4 is 41.8 Å². The fourth-order valence-electron chi connectivity index (χ4n) is 5.08. The lowest BCUT2D eigenvalue weighted by molar-refractivity contribution is -0.140. The van der Waals surface area contributed by atoms with Gasteiger partial charge in [-0.15, -0.1) is 24.0 Å². The van der Waals surface area contributed by atoms with Crippen molar-refractivity contribution in [3.05, 3.63) is 12.2 Å². The lowest BCUT2D eigenvalue weighted by Gasteiger charge is -2.25. The number of rotatable bonds is 8. The van der Waals surface area contributed by atoms with Crippen LogP contribution in [0.2, 0.25) is 0 Å². The van der Waals surface area contributed by atoms with E-state index in [0.717, 1.165) is 31.4 Å². The first kappa shape index (κ1) is 22.5. The third kappa shape index (κ3) is 4.47. The molecule has 29 heavy (non-hydrogen) atoms. The van der Waals surface area contributed by atoms with E-state index in [0.29, 0.717) is 19.1 Å². The molecule has 2 bridgehead atoms. The summed E-state index contributed by atoms with van der Waals surface area (Å²) in [5.74, 6) is 1.26. The molecule has 8 heteroatoms. The van der Waals surface area contributed by atoms with Crippen molar-refractivity contribution in [2.75, 3.05) is 33.7 Å². The van der Waals surface area contributed by atoms with Crippen molar-refractivity contribution in [2.45, 2.75) is 44.7 Å². The van der Waals surface area contributed by atoms with Crippen LogP contribution in [0.5, 0.6) is 0 Å². The Kier molecular flexibility index (Phi) is 7.24. The molecule has 0 radical (unpaired) electrons. The third-order valence-corrected chi connectivity index (χ3v) is 7.02. The molecule has 1 aliphatic heterocycles. The Hall–Kier alpha value is -1.16. The number of carbonyl (C=O) groups excluding carboxylic acids is 2. The summed E-state index contributed by atoms with van der Waals surface area (Å²) in [6.45, 7) is 4.25. The number of aliphatic imine (C=N–C) groups is 1. The molecule has 162 valence electrons. The van der Waals surface area contributed by atoms with Crippen LogP contribution in [-0.2, 0) is 9.59 Å². The van der Waals surface area contributed by atoms with Crippen molar-refractivity contribution in [1.29, 1.82) is 0 Å². The fourth-order valence-corrected chi connectivity index (χ4v) is 5.08. The molecule has 2 amide bonds. The molecule has 5 unspecified atom stereocenters. The van der Waals surface area contributed by atoms with Gasteiger partial charge >= 0.3 is 0 Å². The number of fused-ring (bicyclic) bond motifs is 5. The topological polar surface area (TPSA) is 77.0 Å². The van der Waals surface area contributed by atoms with Gasteiger partial charge in [0.25, 0.3) is 0 Å². The second-order valence-corrected chi connectivity index (χ2v) is 8.81. The number of halogens is 1. The van der Waals surface area contributed by atoms with Crippen LogP contribution < -0.4 is 10.6 Å². The number of nitrogens with zero attached hydrogens (tertiary/aromatic N) is 3. The van der Waals surface area contributed by atoms with Gasteiger partial charge in [0, 0.05) is 38.8 Å². The van der Waals surface area contributed by atoms with Crippen LogP contribution in [0.3, 0.4) is 0 Å². The summed E-state index contributed by atoms with van der Waals surface area (Å²) in [7, 11) is 3.95. The van der Waals surface area contributed by atoms with Gasteiger partial charge in [0.2, 0.25) is 11.8 Å². The normalized spacial score (nSPS) is 31.3. The fraction of sp³-hybridized carbons (Fsp3) is 0.762. The Morgan fingerprint density at radius 1 is 1.21 bits per heavy atom. The van der Waals surface area contributed by atoms with Gasteiger partial charge < -0.3 is 10.6 Å². The monoisotopic (exact) mass is 515 g/mol. The second kappa shape index (κ2) is 9.32. The Morgan fingerprint density at radius 3 is 2.38 bits per heavy atom. The molecule has 0 aromatic carbocycles. The zero-order chi connectivity index (χ0) is 19.8. The van der Waals surface area contributed by atoms with Crippen molar-refractivity contribution in [3.63, 3.8) is 0 Å². The first-order chi connectivity index (χ1) is 13.5. The summed E-state index contributed by atoms with van der Waals surface area (Å²) in [6, 6.07) is 1.20. The summed E-state index contributed by atoms with van der Waals surface area (Å²) in [6.07, 6.45) is 8.61. The highest BCUT2D eigenvalue weighted by atomic mass is 127. The minimum absolute atomic E-state index is 0. The maximum absolute atomic E-state index is 12.7. The zero-order valence-electron chi connectivity index (χ0n) is 17.6. The van der Waals surface area contributed by atoms with E-state index in [1.807, 2.05) is 0 Å². The van der Waals surface area contributed by atoms with Crippen LogP contribution in [0.25, 0.3) is 0 Å². The van der Waals surface area contributed by atoms with Gasteiger partial charge in [-0.25, -0.2) is 0 Å². The van der Waals surface area contributed by atoms with Crippen molar-refractivity contribution in [3.8, 4) is 0 Å². The highest BCUT2D eigenvalue weighted by Gasteiger charge is 2.58. The SMILES string of the molecule is CN=C(NCCCN1C(=O)C2C3C=CC(C3)C2C1=O)NCC(C)N(C)C1CC1.I. The molecule has 7 nitrogen and oxygen atoms in total. The quantitative estimate of drug-likeness (QED) is 0.128. The van der Waals surface area contributed by atoms with Crippen LogP contribution in [0.1, 0.15) is 32.6 Å². The number of guanidine groups is 1. The average Bonchev–Trinajstić information content (AvgIpc) is 3.26. The van der Waals surface area contributed by atoms with Gasteiger partial charge in [-0.05, 0) is 51.5 Å². The highest BCUT2D eigenvalue weighted by Crippen LogP contribution is 2.52. The molecule has 2 N–H and O–H groups in total. The van der Waals surface area contributed by atoms with Gasteiger partial charge in [-0.3, -0.25) is 24.4 Å². The maximum Gasteiger partial charge on any atom is 0.233 e. The number of amides is 2. The van der Waals surface area contributed by atoms with Gasteiger partial charge in [-0.2, -0.15) is 0 Å². The summed E-state index contributed by atoms with van der Waals surface area (Å²) in [4.78, 5) is 33.6. The number of hydrogen-bond acceptors (Lipinski definition) is 4. The predicted molar refractivity (Wildman–Crippen MR) is 124 cm³/mol. The maximum atomic E-state index is 12.7. The number of imide groups is 1. The molecule has 1 heterocycles. The summed E-state index contributed by atoms with van der Waals surface area (Å²) < 4.78 is 0. The molecular weight excluding hydrogens is 481 g/mol. The van der Waals surface area contributed by atoms with Crippen LogP contribution in [0.4, 0.5) is 0 Å². The Labute approximate surface area is 190 Å². The smallest absolute Gasteiger partial charge is 0.233 e. The minimum atomic E-state index is -0.0881. The lowest BCUT2D eigenvalue weighted by Crippen LogP contribution is -2.46. The number of hydrogen-bond donors (Lipinski definition) is 2.